The quantitative estimate of drug-likeness (QED) is 0.0261. The van der Waals surface area contributed by atoms with E-state index in [0.29, 0.717) is 19.3 Å². The summed E-state index contributed by atoms with van der Waals surface area (Å²) in [4.78, 5) is 38.3. The van der Waals surface area contributed by atoms with Crippen LogP contribution in [0.1, 0.15) is 271 Å². The summed E-state index contributed by atoms with van der Waals surface area (Å²) in [6.07, 6.45) is 84.7. The lowest BCUT2D eigenvalue weighted by Crippen LogP contribution is -2.30. The van der Waals surface area contributed by atoms with Crippen LogP contribution in [-0.4, -0.2) is 37.2 Å². The van der Waals surface area contributed by atoms with Crippen LogP contribution in [0.25, 0.3) is 0 Å². The maximum Gasteiger partial charge on any atom is 0.306 e. The number of hydrogen-bond acceptors (Lipinski definition) is 6. The molecule has 0 aromatic rings. The molecule has 6 heteroatoms. The van der Waals surface area contributed by atoms with Gasteiger partial charge in [0, 0.05) is 19.3 Å². The number of hydrogen-bond donors (Lipinski definition) is 0. The van der Waals surface area contributed by atoms with Crippen molar-refractivity contribution in [3.05, 3.63) is 122 Å². The van der Waals surface area contributed by atoms with Crippen LogP contribution in [-0.2, 0) is 28.6 Å². The molecule has 0 aliphatic heterocycles. The normalized spacial score (nSPS) is 13.0. The molecule has 0 radical (unpaired) electrons. The minimum absolute atomic E-state index is 0.0999. The van der Waals surface area contributed by atoms with Gasteiger partial charge >= 0.3 is 17.9 Å². The lowest BCUT2D eigenvalue weighted by molar-refractivity contribution is -0.167. The lowest BCUT2D eigenvalue weighted by atomic mass is 10.1. The first-order chi connectivity index (χ1) is 36.5. The van der Waals surface area contributed by atoms with Crippen LogP contribution in [0.3, 0.4) is 0 Å². The van der Waals surface area contributed by atoms with Crippen molar-refractivity contribution < 1.29 is 28.6 Å². The zero-order chi connectivity index (χ0) is 53.6. The summed E-state index contributed by atoms with van der Waals surface area (Å²) < 4.78 is 16.9. The van der Waals surface area contributed by atoms with Crippen LogP contribution in [0.5, 0.6) is 0 Å². The number of carbonyl (C=O) groups is 3. The van der Waals surface area contributed by atoms with Gasteiger partial charge in [-0.15, -0.1) is 0 Å². The average molecular weight is 1030 g/mol. The van der Waals surface area contributed by atoms with Gasteiger partial charge in [-0.1, -0.05) is 245 Å². The van der Waals surface area contributed by atoms with Crippen LogP contribution in [0.15, 0.2) is 122 Å². The number of esters is 3. The van der Waals surface area contributed by atoms with E-state index >= 15 is 0 Å². The van der Waals surface area contributed by atoms with Crippen LogP contribution >= 0.6 is 0 Å². The average Bonchev–Trinajstić information content (AvgIpc) is 3.40. The molecule has 0 aliphatic carbocycles. The van der Waals surface area contributed by atoms with Gasteiger partial charge in [-0.05, 0) is 128 Å². The molecule has 0 N–H and O–H groups in total. The molecular weight excluding hydrogens is 913 g/mol. The minimum atomic E-state index is -0.804. The molecule has 420 valence electrons. The van der Waals surface area contributed by atoms with Crippen LogP contribution in [0.2, 0.25) is 0 Å². The molecule has 0 rings (SSSR count). The van der Waals surface area contributed by atoms with Gasteiger partial charge in [0.15, 0.2) is 6.10 Å². The van der Waals surface area contributed by atoms with Crippen molar-refractivity contribution in [1.82, 2.24) is 0 Å². The number of allylic oxidation sites excluding steroid dienone is 20. The van der Waals surface area contributed by atoms with Gasteiger partial charge < -0.3 is 14.2 Å². The fraction of sp³-hybridized carbons (Fsp3) is 0.662. The highest BCUT2D eigenvalue weighted by Crippen LogP contribution is 2.14. The van der Waals surface area contributed by atoms with Crippen LogP contribution in [0.4, 0.5) is 0 Å². The first-order valence-corrected chi connectivity index (χ1v) is 30.5. The van der Waals surface area contributed by atoms with E-state index in [1.54, 1.807) is 0 Å². The Labute approximate surface area is 456 Å². The molecule has 0 aromatic heterocycles. The molecule has 6 nitrogen and oxygen atoms in total. The van der Waals surface area contributed by atoms with Crippen molar-refractivity contribution in [2.45, 2.75) is 277 Å². The zero-order valence-corrected chi connectivity index (χ0v) is 48.1. The van der Waals surface area contributed by atoms with E-state index in [4.69, 9.17) is 14.2 Å². The van der Waals surface area contributed by atoms with E-state index in [2.05, 4.69) is 142 Å². The highest BCUT2D eigenvalue weighted by molar-refractivity contribution is 5.71. The summed E-state index contributed by atoms with van der Waals surface area (Å²) in [7, 11) is 0. The molecule has 0 heterocycles. The number of unbranched alkanes of at least 4 members (excludes halogenated alkanes) is 23. The zero-order valence-electron chi connectivity index (χ0n) is 48.1. The Bertz CT molecular complexity index is 1550. The van der Waals surface area contributed by atoms with Crippen molar-refractivity contribution in [3.63, 3.8) is 0 Å². The molecule has 0 saturated carbocycles. The number of rotatable bonds is 54. The molecule has 0 bridgehead atoms. The van der Waals surface area contributed by atoms with Crippen LogP contribution in [0, 0.1) is 0 Å². The Morgan fingerprint density at radius 3 is 0.865 bits per heavy atom. The Morgan fingerprint density at radius 2 is 0.541 bits per heavy atom. The third-order valence-corrected chi connectivity index (χ3v) is 12.7. The van der Waals surface area contributed by atoms with E-state index in [1.807, 2.05) is 0 Å². The highest BCUT2D eigenvalue weighted by atomic mass is 16.6. The molecule has 0 spiro atoms. The smallest absolute Gasteiger partial charge is 0.306 e. The monoisotopic (exact) mass is 1020 g/mol. The van der Waals surface area contributed by atoms with Crippen LogP contribution < -0.4 is 0 Å². The summed E-state index contributed by atoms with van der Waals surface area (Å²) in [5, 5.41) is 0. The minimum Gasteiger partial charge on any atom is -0.462 e. The molecular formula is C68H112O6. The standard InChI is InChI=1S/C68H112O6/c1-4-7-10-13-16-19-22-25-28-30-32-34-36-38-40-43-46-49-52-55-58-61-67(70)73-64-65(63-72-66(69)60-57-54-51-48-45-42-27-24-21-18-15-12-9-6-3)74-68(71)62-59-56-53-50-47-44-41-39-37-35-33-31-29-26-23-20-17-14-11-8-5-2/h7,10,15-16,18-19,23-28,31-34,37-40,65H,4-6,8-9,11-14,17,20-22,29-30,35-36,41-64H2,1-3H3/b10-7-,18-15-,19-16-,26-23-,27-24-,28-25-,33-31-,34-32-,39-37-,40-38-. The maximum atomic E-state index is 12.9. The Hall–Kier alpha value is -4.19. The number of ether oxygens (including phenoxy) is 3. The summed E-state index contributed by atoms with van der Waals surface area (Å²) in [6.45, 7) is 6.44. The predicted molar refractivity (Wildman–Crippen MR) is 320 cm³/mol. The SMILES string of the molecule is CC/C=C\C/C=C\C/C=C\C/C=C\C/C=C\CCCCCCCC(=O)OCC(COC(=O)CCCCCCC/C=C\C/C=C\CCCC)OC(=O)CCCCCCCC/C=C\C/C=C\C/C=C\CCCCCCC. The topological polar surface area (TPSA) is 78.9 Å². The molecule has 0 amide bonds. The van der Waals surface area contributed by atoms with Crippen molar-refractivity contribution in [3.8, 4) is 0 Å². The second-order valence-corrected chi connectivity index (χ2v) is 19.9. The first kappa shape index (κ1) is 69.8. The predicted octanol–water partition coefficient (Wildman–Crippen LogP) is 20.8. The van der Waals surface area contributed by atoms with Gasteiger partial charge in [0.1, 0.15) is 13.2 Å². The van der Waals surface area contributed by atoms with Gasteiger partial charge in [-0.3, -0.25) is 14.4 Å². The third kappa shape index (κ3) is 58.7. The van der Waals surface area contributed by atoms with Crippen molar-refractivity contribution >= 4 is 17.9 Å². The Morgan fingerprint density at radius 1 is 0.284 bits per heavy atom. The fourth-order valence-electron chi connectivity index (χ4n) is 8.08. The summed E-state index contributed by atoms with van der Waals surface area (Å²) in [5.74, 6) is -0.943. The van der Waals surface area contributed by atoms with E-state index in [9.17, 15) is 14.4 Å². The maximum absolute atomic E-state index is 12.9. The Kier molecular flexibility index (Phi) is 57.9. The van der Waals surface area contributed by atoms with E-state index in [-0.39, 0.29) is 31.1 Å². The molecule has 1 unspecified atom stereocenters. The van der Waals surface area contributed by atoms with Gasteiger partial charge in [0.25, 0.3) is 0 Å². The first-order valence-electron chi connectivity index (χ1n) is 30.5. The van der Waals surface area contributed by atoms with Crippen molar-refractivity contribution in [2.75, 3.05) is 13.2 Å². The van der Waals surface area contributed by atoms with Gasteiger partial charge in [-0.25, -0.2) is 0 Å². The van der Waals surface area contributed by atoms with E-state index in [1.165, 1.54) is 70.6 Å². The molecule has 74 heavy (non-hydrogen) atoms. The van der Waals surface area contributed by atoms with Gasteiger partial charge in [-0.2, -0.15) is 0 Å². The molecule has 0 saturated heterocycles. The molecule has 0 aliphatic rings. The summed E-state index contributed by atoms with van der Waals surface area (Å²) in [5.41, 5.74) is 0. The highest BCUT2D eigenvalue weighted by Gasteiger charge is 2.19. The van der Waals surface area contributed by atoms with E-state index < -0.39 is 6.10 Å². The van der Waals surface area contributed by atoms with E-state index in [0.717, 1.165) is 161 Å². The molecule has 0 fully saturated rings. The lowest BCUT2D eigenvalue weighted by Gasteiger charge is -2.18. The molecule has 0 aromatic carbocycles. The molecule has 1 atom stereocenters. The van der Waals surface area contributed by atoms with Crippen molar-refractivity contribution in [2.24, 2.45) is 0 Å². The number of carbonyl (C=O) groups excluding carboxylic acids is 3. The van der Waals surface area contributed by atoms with Gasteiger partial charge in [0.05, 0.1) is 0 Å². The Balaban J connectivity index is 4.47. The summed E-state index contributed by atoms with van der Waals surface area (Å²) in [6, 6.07) is 0. The fourth-order valence-corrected chi connectivity index (χ4v) is 8.08. The third-order valence-electron chi connectivity index (χ3n) is 12.7. The second kappa shape index (κ2) is 61.4. The van der Waals surface area contributed by atoms with Crippen molar-refractivity contribution in [1.29, 1.82) is 0 Å². The summed E-state index contributed by atoms with van der Waals surface area (Å²) >= 11 is 0. The van der Waals surface area contributed by atoms with Gasteiger partial charge in [0.2, 0.25) is 0 Å². The second-order valence-electron chi connectivity index (χ2n) is 19.9. The largest absolute Gasteiger partial charge is 0.462 e.